The first-order chi connectivity index (χ1) is 17.4. The molecule has 0 bridgehead atoms. The Morgan fingerprint density at radius 3 is 2.38 bits per heavy atom. The summed E-state index contributed by atoms with van der Waals surface area (Å²) in [6.45, 7) is 3.44. The lowest BCUT2D eigenvalue weighted by molar-refractivity contribution is -0.137. The minimum absolute atomic E-state index is 0.0427. The maximum absolute atomic E-state index is 13.3. The molecule has 3 aromatic heterocycles. The number of benzene rings is 1. The lowest BCUT2D eigenvalue weighted by Crippen LogP contribution is -2.22. The van der Waals surface area contributed by atoms with E-state index >= 15 is 0 Å². The van der Waals surface area contributed by atoms with Gasteiger partial charge in [-0.2, -0.15) is 18.2 Å². The Labute approximate surface area is 209 Å². The molecule has 0 unspecified atom stereocenters. The molecule has 0 aliphatic rings. The highest BCUT2D eigenvalue weighted by Crippen LogP contribution is 2.32. The highest BCUT2D eigenvalue weighted by Gasteiger charge is 2.30. The second-order valence-corrected chi connectivity index (χ2v) is 9.08. The summed E-state index contributed by atoms with van der Waals surface area (Å²) in [5, 5.41) is 12.8. The van der Waals surface area contributed by atoms with E-state index in [-0.39, 0.29) is 36.1 Å². The van der Waals surface area contributed by atoms with Crippen LogP contribution in [0.2, 0.25) is 0 Å². The fourth-order valence-electron chi connectivity index (χ4n) is 3.76. The normalized spacial score (nSPS) is 12.1. The molecule has 12 heteroatoms. The van der Waals surface area contributed by atoms with Gasteiger partial charge in [0.25, 0.3) is 0 Å². The van der Waals surface area contributed by atoms with Gasteiger partial charge in [-0.1, -0.05) is 26.0 Å². The van der Waals surface area contributed by atoms with Crippen molar-refractivity contribution in [2.24, 2.45) is 0 Å². The van der Waals surface area contributed by atoms with Crippen LogP contribution in [0.4, 0.5) is 24.9 Å². The second-order valence-electron chi connectivity index (χ2n) is 9.08. The van der Waals surface area contributed by atoms with E-state index < -0.39 is 28.8 Å². The molecule has 0 atom stereocenters. The number of rotatable bonds is 7. The quantitative estimate of drug-likeness (QED) is 0.277. The summed E-state index contributed by atoms with van der Waals surface area (Å²) in [4.78, 5) is 41.0. The van der Waals surface area contributed by atoms with E-state index in [9.17, 15) is 27.9 Å². The SMILES string of the molecule is CC(C)(CO)c1c[nH]c2nc(N)nc(C(=O)c3ccc(NC(=O)Cc4ccc(C(F)(F)F)cc4)nc3)c12. The molecule has 5 N–H and O–H groups in total. The zero-order valence-electron chi connectivity index (χ0n) is 19.8. The van der Waals surface area contributed by atoms with Crippen molar-refractivity contribution in [2.45, 2.75) is 31.9 Å². The molecule has 4 rings (SSSR count). The maximum Gasteiger partial charge on any atom is 0.416 e. The van der Waals surface area contributed by atoms with Gasteiger partial charge in [-0.3, -0.25) is 9.59 Å². The molecule has 0 fully saturated rings. The highest BCUT2D eigenvalue weighted by atomic mass is 19.4. The van der Waals surface area contributed by atoms with Crippen LogP contribution in [0, 0.1) is 0 Å². The van der Waals surface area contributed by atoms with Crippen molar-refractivity contribution in [3.63, 3.8) is 0 Å². The minimum atomic E-state index is -4.45. The number of H-pyrrole nitrogens is 1. The summed E-state index contributed by atoms with van der Waals surface area (Å²) in [7, 11) is 0. The fraction of sp³-hybridized carbons (Fsp3) is 0.240. The van der Waals surface area contributed by atoms with Crippen LogP contribution in [-0.4, -0.2) is 43.3 Å². The smallest absolute Gasteiger partial charge is 0.395 e. The summed E-state index contributed by atoms with van der Waals surface area (Å²) in [5.41, 5.74) is 5.93. The molecule has 9 nitrogen and oxygen atoms in total. The number of aromatic nitrogens is 4. The van der Waals surface area contributed by atoms with Crippen LogP contribution in [-0.2, 0) is 22.8 Å². The number of hydrogen-bond donors (Lipinski definition) is 4. The second kappa shape index (κ2) is 9.62. The first-order valence-corrected chi connectivity index (χ1v) is 11.1. The van der Waals surface area contributed by atoms with Gasteiger partial charge >= 0.3 is 6.18 Å². The summed E-state index contributed by atoms with van der Waals surface area (Å²) in [6.07, 6.45) is -1.69. The lowest BCUT2D eigenvalue weighted by Gasteiger charge is -2.21. The number of hydrogen-bond acceptors (Lipinski definition) is 7. The van der Waals surface area contributed by atoms with Crippen molar-refractivity contribution in [3.8, 4) is 0 Å². The molecule has 4 aromatic rings. The minimum Gasteiger partial charge on any atom is -0.395 e. The number of aromatic amines is 1. The number of nitrogens with zero attached hydrogens (tertiary/aromatic N) is 3. The fourth-order valence-corrected chi connectivity index (χ4v) is 3.76. The number of carbonyl (C=O) groups excluding carboxylic acids is 2. The summed E-state index contributed by atoms with van der Waals surface area (Å²) in [6, 6.07) is 7.18. The van der Waals surface area contributed by atoms with Crippen LogP contribution in [0.15, 0.2) is 48.8 Å². The van der Waals surface area contributed by atoms with Gasteiger partial charge < -0.3 is 21.1 Å². The van der Waals surface area contributed by atoms with Crippen LogP contribution in [0.3, 0.4) is 0 Å². The zero-order chi connectivity index (χ0) is 27.0. The third kappa shape index (κ3) is 5.43. The summed E-state index contributed by atoms with van der Waals surface area (Å²) >= 11 is 0. The average molecular weight is 512 g/mol. The number of nitrogen functional groups attached to an aromatic ring is 1. The first kappa shape index (κ1) is 25.8. The van der Waals surface area contributed by atoms with Crippen molar-refractivity contribution in [1.82, 2.24) is 19.9 Å². The number of ketones is 1. The number of aliphatic hydroxyl groups excluding tert-OH is 1. The average Bonchev–Trinajstić information content (AvgIpc) is 3.28. The van der Waals surface area contributed by atoms with Crippen LogP contribution < -0.4 is 11.1 Å². The van der Waals surface area contributed by atoms with E-state index in [1.54, 1.807) is 6.20 Å². The van der Waals surface area contributed by atoms with Crippen molar-refractivity contribution >= 4 is 34.5 Å². The standard InChI is InChI=1S/C25H23F3N6O3/c1-24(2,12-35)16-11-31-22-19(16)20(33-23(29)34-22)21(37)14-5-8-17(30-10-14)32-18(36)9-13-3-6-15(7-4-13)25(26,27)28/h3-8,10-11,35H,9,12H2,1-2H3,(H,30,32,36)(H3,29,31,33,34). The van der Waals surface area contributed by atoms with Gasteiger partial charge in [0, 0.05) is 23.4 Å². The van der Waals surface area contributed by atoms with E-state index in [0.717, 1.165) is 12.1 Å². The largest absolute Gasteiger partial charge is 0.416 e. The number of halogens is 3. The molecular weight excluding hydrogens is 489 g/mol. The molecule has 0 radical (unpaired) electrons. The number of anilines is 2. The Morgan fingerprint density at radius 1 is 1.08 bits per heavy atom. The molecule has 0 saturated carbocycles. The maximum atomic E-state index is 13.3. The number of nitrogens with two attached hydrogens (primary N) is 1. The zero-order valence-corrected chi connectivity index (χ0v) is 19.8. The van der Waals surface area contributed by atoms with E-state index in [0.29, 0.717) is 22.2 Å². The molecule has 0 saturated heterocycles. The monoisotopic (exact) mass is 512 g/mol. The molecule has 1 aromatic carbocycles. The van der Waals surface area contributed by atoms with Gasteiger partial charge in [0.05, 0.1) is 24.0 Å². The summed E-state index contributed by atoms with van der Waals surface area (Å²) in [5.74, 6) is -0.917. The molecule has 0 spiro atoms. The van der Waals surface area contributed by atoms with E-state index in [4.69, 9.17) is 5.73 Å². The molecule has 1 amide bonds. The Morgan fingerprint density at radius 2 is 1.78 bits per heavy atom. The third-order valence-electron chi connectivity index (χ3n) is 5.83. The molecule has 37 heavy (non-hydrogen) atoms. The topological polar surface area (TPSA) is 147 Å². The van der Waals surface area contributed by atoms with Gasteiger partial charge in [0.2, 0.25) is 17.6 Å². The Hall–Kier alpha value is -4.32. The number of pyridine rings is 1. The van der Waals surface area contributed by atoms with Crippen molar-refractivity contribution in [2.75, 3.05) is 17.7 Å². The molecule has 192 valence electrons. The summed E-state index contributed by atoms with van der Waals surface area (Å²) < 4.78 is 38.1. The number of amides is 1. The molecule has 0 aliphatic heterocycles. The molecular formula is C25H23F3N6O3. The van der Waals surface area contributed by atoms with Crippen LogP contribution >= 0.6 is 0 Å². The third-order valence-corrected chi connectivity index (χ3v) is 5.83. The predicted molar refractivity (Wildman–Crippen MR) is 130 cm³/mol. The highest BCUT2D eigenvalue weighted by molar-refractivity contribution is 6.15. The number of alkyl halides is 3. The number of carbonyl (C=O) groups is 2. The Kier molecular flexibility index (Phi) is 6.70. The van der Waals surface area contributed by atoms with Crippen molar-refractivity contribution < 1.29 is 27.9 Å². The lowest BCUT2D eigenvalue weighted by atomic mass is 9.85. The van der Waals surface area contributed by atoms with E-state index in [1.165, 1.54) is 30.5 Å². The molecule has 3 heterocycles. The number of nitrogens with one attached hydrogen (secondary N) is 2. The number of aliphatic hydroxyl groups is 1. The van der Waals surface area contributed by atoms with Gasteiger partial charge in [0.15, 0.2) is 0 Å². The predicted octanol–water partition coefficient (Wildman–Crippen LogP) is 3.64. The Balaban J connectivity index is 1.52. The van der Waals surface area contributed by atoms with E-state index in [2.05, 4.69) is 25.3 Å². The van der Waals surface area contributed by atoms with Gasteiger partial charge in [-0.15, -0.1) is 0 Å². The number of fused-ring (bicyclic) bond motifs is 1. The van der Waals surface area contributed by atoms with E-state index in [1.807, 2.05) is 13.8 Å². The van der Waals surface area contributed by atoms with Gasteiger partial charge in [-0.25, -0.2) is 9.97 Å². The first-order valence-electron chi connectivity index (χ1n) is 11.1. The Bertz CT molecular complexity index is 1460. The van der Waals surface area contributed by atoms with Crippen LogP contribution in [0.5, 0.6) is 0 Å². The van der Waals surface area contributed by atoms with Gasteiger partial charge in [-0.05, 0) is 35.4 Å². The van der Waals surface area contributed by atoms with Crippen molar-refractivity contribution in [1.29, 1.82) is 0 Å². The van der Waals surface area contributed by atoms with Crippen molar-refractivity contribution in [3.05, 3.63) is 76.7 Å². The molecule has 0 aliphatic carbocycles. The van der Waals surface area contributed by atoms with Crippen LogP contribution in [0.25, 0.3) is 11.0 Å². The van der Waals surface area contributed by atoms with Gasteiger partial charge in [0.1, 0.15) is 17.2 Å². The van der Waals surface area contributed by atoms with Crippen LogP contribution in [0.1, 0.15) is 46.6 Å².